The molecule has 0 radical (unpaired) electrons. The Morgan fingerprint density at radius 1 is 0.913 bits per heavy atom. The third kappa shape index (κ3) is 3.24. The second-order valence-electron chi connectivity index (χ2n) is 4.50. The molecule has 0 saturated carbocycles. The van der Waals surface area contributed by atoms with Gasteiger partial charge in [-0.05, 0) is 41.9 Å². The number of nitrogens with zero attached hydrogens (tertiary/aromatic N) is 2. The molecule has 0 atom stereocenters. The quantitative estimate of drug-likeness (QED) is 0.626. The third-order valence-electron chi connectivity index (χ3n) is 3.00. The molecule has 0 spiro atoms. The Balaban J connectivity index is 1.96. The maximum Gasteiger partial charge on any atom is 0.305 e. The van der Waals surface area contributed by atoms with E-state index < -0.39 is 0 Å². The standard InChI is InChI=1S/C16H15BrN2O4/c1-3-20-12-8-18-15(22-12)10-6-5-7-11(14(10)17)16-19-9-13(23-16)21-4-2/h5-9H,3-4H2,1-2H3. The maximum atomic E-state index is 5.59. The van der Waals surface area contributed by atoms with E-state index in [1.54, 1.807) is 12.4 Å². The molecule has 0 N–H and O–H groups in total. The van der Waals surface area contributed by atoms with Crippen molar-refractivity contribution in [3.63, 3.8) is 0 Å². The van der Waals surface area contributed by atoms with Crippen LogP contribution < -0.4 is 9.47 Å². The van der Waals surface area contributed by atoms with Crippen LogP contribution in [0.25, 0.3) is 22.9 Å². The molecule has 3 rings (SSSR count). The van der Waals surface area contributed by atoms with Crippen molar-refractivity contribution in [3.05, 3.63) is 35.1 Å². The van der Waals surface area contributed by atoms with Crippen LogP contribution in [0.2, 0.25) is 0 Å². The van der Waals surface area contributed by atoms with Crippen molar-refractivity contribution in [1.82, 2.24) is 9.97 Å². The van der Waals surface area contributed by atoms with E-state index in [4.69, 9.17) is 18.3 Å². The average molecular weight is 379 g/mol. The van der Waals surface area contributed by atoms with Gasteiger partial charge in [-0.25, -0.2) is 9.97 Å². The maximum absolute atomic E-state index is 5.59. The van der Waals surface area contributed by atoms with Crippen LogP contribution in [-0.4, -0.2) is 23.2 Å². The summed E-state index contributed by atoms with van der Waals surface area (Å²) in [6.07, 6.45) is 3.10. The first kappa shape index (κ1) is 15.6. The molecule has 0 aliphatic heterocycles. The number of ether oxygens (including phenoxy) is 2. The van der Waals surface area contributed by atoms with Crippen LogP contribution in [0, 0.1) is 0 Å². The summed E-state index contributed by atoms with van der Waals surface area (Å²) in [6.45, 7) is 4.81. The first-order valence-electron chi connectivity index (χ1n) is 7.19. The van der Waals surface area contributed by atoms with Gasteiger partial charge in [0, 0.05) is 4.47 Å². The van der Waals surface area contributed by atoms with E-state index >= 15 is 0 Å². The minimum Gasteiger partial charge on any atom is -0.464 e. The summed E-state index contributed by atoms with van der Waals surface area (Å²) in [4.78, 5) is 8.48. The van der Waals surface area contributed by atoms with Gasteiger partial charge in [0.15, 0.2) is 0 Å². The molecule has 3 aromatic rings. The van der Waals surface area contributed by atoms with Crippen molar-refractivity contribution in [1.29, 1.82) is 0 Å². The molecular weight excluding hydrogens is 364 g/mol. The van der Waals surface area contributed by atoms with Gasteiger partial charge in [-0.2, -0.15) is 0 Å². The Morgan fingerprint density at radius 3 is 1.83 bits per heavy atom. The van der Waals surface area contributed by atoms with E-state index in [0.717, 1.165) is 15.6 Å². The molecule has 6 nitrogen and oxygen atoms in total. The minimum atomic E-state index is 0.384. The average Bonchev–Trinajstić information content (AvgIpc) is 3.18. The van der Waals surface area contributed by atoms with Gasteiger partial charge in [0.2, 0.25) is 11.8 Å². The number of benzene rings is 1. The number of hydrogen-bond acceptors (Lipinski definition) is 6. The molecule has 7 heteroatoms. The molecule has 0 bridgehead atoms. The van der Waals surface area contributed by atoms with E-state index in [9.17, 15) is 0 Å². The SMILES string of the molecule is CCOc1cnc(-c2cccc(-c3ncc(OCC)o3)c2Br)o1. The van der Waals surface area contributed by atoms with Crippen molar-refractivity contribution in [2.24, 2.45) is 0 Å². The highest BCUT2D eigenvalue weighted by Gasteiger charge is 2.17. The molecule has 2 aromatic heterocycles. The molecule has 0 unspecified atom stereocenters. The van der Waals surface area contributed by atoms with E-state index in [1.165, 1.54) is 0 Å². The Kier molecular flexibility index (Phi) is 4.66. The summed E-state index contributed by atoms with van der Waals surface area (Å²) in [5.74, 6) is 1.68. The number of halogens is 1. The lowest BCUT2D eigenvalue weighted by atomic mass is 10.1. The normalized spacial score (nSPS) is 10.7. The molecule has 23 heavy (non-hydrogen) atoms. The van der Waals surface area contributed by atoms with Gasteiger partial charge in [-0.1, -0.05) is 6.07 Å². The van der Waals surface area contributed by atoms with Crippen molar-refractivity contribution < 1.29 is 18.3 Å². The predicted octanol–water partition coefficient (Wildman–Crippen LogP) is 4.56. The van der Waals surface area contributed by atoms with Crippen LogP contribution >= 0.6 is 15.9 Å². The molecule has 0 amide bonds. The molecule has 0 aliphatic rings. The lowest BCUT2D eigenvalue weighted by Gasteiger charge is -2.04. The summed E-state index contributed by atoms with van der Waals surface area (Å²) in [5.41, 5.74) is 1.56. The lowest BCUT2D eigenvalue weighted by molar-refractivity contribution is 0.260. The Bertz CT molecular complexity index is 734. The fourth-order valence-corrected chi connectivity index (χ4v) is 2.65. The van der Waals surface area contributed by atoms with E-state index in [0.29, 0.717) is 36.9 Å². The van der Waals surface area contributed by atoms with Gasteiger partial charge >= 0.3 is 11.9 Å². The Hall–Kier alpha value is -2.28. The lowest BCUT2D eigenvalue weighted by Crippen LogP contribution is -1.88. The van der Waals surface area contributed by atoms with Gasteiger partial charge < -0.3 is 18.3 Å². The molecule has 120 valence electrons. The van der Waals surface area contributed by atoms with Gasteiger partial charge in [0.1, 0.15) is 12.4 Å². The van der Waals surface area contributed by atoms with E-state index in [2.05, 4.69) is 25.9 Å². The summed E-state index contributed by atoms with van der Waals surface area (Å²) in [5, 5.41) is 0. The largest absolute Gasteiger partial charge is 0.464 e. The number of aromatic nitrogens is 2. The van der Waals surface area contributed by atoms with Crippen LogP contribution in [0.5, 0.6) is 11.9 Å². The van der Waals surface area contributed by atoms with Crippen LogP contribution in [-0.2, 0) is 0 Å². The van der Waals surface area contributed by atoms with Crippen molar-refractivity contribution >= 4 is 15.9 Å². The predicted molar refractivity (Wildman–Crippen MR) is 87.5 cm³/mol. The molecule has 0 fully saturated rings. The zero-order valence-electron chi connectivity index (χ0n) is 12.7. The number of oxazole rings is 2. The van der Waals surface area contributed by atoms with Crippen LogP contribution in [0.4, 0.5) is 0 Å². The zero-order valence-corrected chi connectivity index (χ0v) is 14.3. The summed E-state index contributed by atoms with van der Waals surface area (Å²) >= 11 is 3.57. The Labute approximate surface area is 141 Å². The first-order chi connectivity index (χ1) is 11.2. The van der Waals surface area contributed by atoms with Gasteiger partial charge in [-0.3, -0.25) is 0 Å². The van der Waals surface area contributed by atoms with Crippen molar-refractivity contribution in [2.45, 2.75) is 13.8 Å². The number of hydrogen-bond donors (Lipinski definition) is 0. The van der Waals surface area contributed by atoms with Crippen molar-refractivity contribution in [3.8, 4) is 34.8 Å². The van der Waals surface area contributed by atoms with Gasteiger partial charge in [0.05, 0.1) is 24.3 Å². The van der Waals surface area contributed by atoms with Crippen LogP contribution in [0.1, 0.15) is 13.8 Å². The second kappa shape index (κ2) is 6.87. The second-order valence-corrected chi connectivity index (χ2v) is 5.30. The van der Waals surface area contributed by atoms with E-state index in [1.807, 2.05) is 32.0 Å². The van der Waals surface area contributed by atoms with Crippen LogP contribution in [0.3, 0.4) is 0 Å². The molecule has 0 aliphatic carbocycles. The fraction of sp³-hybridized carbons (Fsp3) is 0.250. The fourth-order valence-electron chi connectivity index (χ4n) is 2.05. The summed E-state index contributed by atoms with van der Waals surface area (Å²) < 4.78 is 22.5. The topological polar surface area (TPSA) is 70.5 Å². The highest BCUT2D eigenvalue weighted by molar-refractivity contribution is 9.10. The highest BCUT2D eigenvalue weighted by Crippen LogP contribution is 2.37. The zero-order chi connectivity index (χ0) is 16.2. The summed E-state index contributed by atoms with van der Waals surface area (Å²) in [7, 11) is 0. The minimum absolute atomic E-state index is 0.384. The molecule has 0 saturated heterocycles. The molecule has 1 aromatic carbocycles. The Morgan fingerprint density at radius 2 is 1.39 bits per heavy atom. The smallest absolute Gasteiger partial charge is 0.305 e. The monoisotopic (exact) mass is 378 g/mol. The molecule has 2 heterocycles. The summed E-state index contributed by atoms with van der Waals surface area (Å²) in [6, 6.07) is 5.66. The van der Waals surface area contributed by atoms with Gasteiger partial charge in [0.25, 0.3) is 0 Å². The van der Waals surface area contributed by atoms with E-state index in [-0.39, 0.29) is 0 Å². The third-order valence-corrected chi connectivity index (χ3v) is 3.86. The number of rotatable bonds is 6. The highest BCUT2D eigenvalue weighted by atomic mass is 79.9. The van der Waals surface area contributed by atoms with Crippen LogP contribution in [0.15, 0.2) is 43.9 Å². The molecular formula is C16H15BrN2O4. The first-order valence-corrected chi connectivity index (χ1v) is 7.98. The van der Waals surface area contributed by atoms with Crippen molar-refractivity contribution in [2.75, 3.05) is 13.2 Å². The van der Waals surface area contributed by atoms with Gasteiger partial charge in [-0.15, -0.1) is 0 Å².